The van der Waals surface area contributed by atoms with E-state index in [9.17, 15) is 13.2 Å². The number of halogens is 3. The number of anilines is 1. The van der Waals surface area contributed by atoms with Crippen LogP contribution in [0.15, 0.2) is 72.8 Å². The number of allylic oxidation sites excluding steroid dienone is 1. The van der Waals surface area contributed by atoms with E-state index in [-0.39, 0.29) is 23.4 Å². The first kappa shape index (κ1) is 20.9. The molecule has 0 radical (unpaired) electrons. The van der Waals surface area contributed by atoms with Crippen LogP contribution in [-0.2, 0) is 0 Å². The minimum Gasteiger partial charge on any atom is -0.490 e. The molecule has 3 aromatic carbocycles. The summed E-state index contributed by atoms with van der Waals surface area (Å²) < 4.78 is 51.4. The summed E-state index contributed by atoms with van der Waals surface area (Å²) in [6, 6.07) is 18.5. The molecule has 5 rings (SSSR count). The lowest BCUT2D eigenvalue weighted by atomic mass is 10.0. The third-order valence-corrected chi connectivity index (χ3v) is 5.43. The van der Waals surface area contributed by atoms with E-state index in [1.54, 1.807) is 31.2 Å². The predicted molar refractivity (Wildman–Crippen MR) is 120 cm³/mol. The zero-order chi connectivity index (χ0) is 22.9. The average Bonchev–Trinajstić information content (AvgIpc) is 3.18. The van der Waals surface area contributed by atoms with Crippen molar-refractivity contribution in [2.45, 2.75) is 19.6 Å². The van der Waals surface area contributed by atoms with Crippen molar-refractivity contribution >= 4 is 22.7 Å². The first-order valence-electron chi connectivity index (χ1n) is 10.5. The molecular formula is C25H20F3N3O2. The zero-order valence-corrected chi connectivity index (χ0v) is 17.6. The number of hydrogen-bond donors (Lipinski definition) is 1. The number of imidazole rings is 1. The van der Waals surface area contributed by atoms with Crippen molar-refractivity contribution in [3.05, 3.63) is 89.8 Å². The van der Waals surface area contributed by atoms with Crippen molar-refractivity contribution < 1.29 is 22.6 Å². The molecule has 5 nitrogen and oxygen atoms in total. The molecule has 0 saturated heterocycles. The molecule has 0 saturated carbocycles. The lowest BCUT2D eigenvalue weighted by molar-refractivity contribution is -0.0514. The fraction of sp³-hybridized carbons (Fsp3) is 0.160. The topological polar surface area (TPSA) is 48.3 Å². The van der Waals surface area contributed by atoms with Gasteiger partial charge in [-0.15, -0.1) is 0 Å². The molecule has 1 aliphatic heterocycles. The van der Waals surface area contributed by atoms with Crippen molar-refractivity contribution in [3.8, 4) is 11.5 Å². The van der Waals surface area contributed by atoms with Crippen molar-refractivity contribution in [3.63, 3.8) is 0 Å². The number of rotatable bonds is 6. The quantitative estimate of drug-likeness (QED) is 0.378. The first-order valence-corrected chi connectivity index (χ1v) is 10.5. The van der Waals surface area contributed by atoms with Crippen molar-refractivity contribution in [1.29, 1.82) is 0 Å². The van der Waals surface area contributed by atoms with Crippen LogP contribution >= 0.6 is 0 Å². The molecule has 4 aromatic rings. The molecule has 0 bridgehead atoms. The van der Waals surface area contributed by atoms with Crippen LogP contribution in [0.5, 0.6) is 11.5 Å². The van der Waals surface area contributed by atoms with E-state index in [0.29, 0.717) is 12.6 Å². The fourth-order valence-electron chi connectivity index (χ4n) is 4.02. The molecule has 8 heteroatoms. The number of nitrogens with zero attached hydrogens (tertiary/aromatic N) is 2. The Bertz CT molecular complexity index is 1330. The second kappa shape index (κ2) is 8.54. The van der Waals surface area contributed by atoms with E-state index in [4.69, 9.17) is 9.72 Å². The molecule has 1 aliphatic rings. The highest BCUT2D eigenvalue weighted by Crippen LogP contribution is 2.40. The minimum absolute atomic E-state index is 0.0250. The third-order valence-electron chi connectivity index (χ3n) is 5.43. The summed E-state index contributed by atoms with van der Waals surface area (Å²) in [7, 11) is 0. The van der Waals surface area contributed by atoms with Crippen LogP contribution in [0.1, 0.15) is 24.1 Å². The van der Waals surface area contributed by atoms with E-state index in [1.165, 1.54) is 18.2 Å². The van der Waals surface area contributed by atoms with E-state index < -0.39 is 6.61 Å². The van der Waals surface area contributed by atoms with Crippen LogP contribution in [-0.4, -0.2) is 22.8 Å². The largest absolute Gasteiger partial charge is 0.490 e. The fourth-order valence-corrected chi connectivity index (χ4v) is 4.02. The van der Waals surface area contributed by atoms with Gasteiger partial charge in [-0.2, -0.15) is 8.78 Å². The van der Waals surface area contributed by atoms with Gasteiger partial charge < -0.3 is 14.8 Å². The van der Waals surface area contributed by atoms with Gasteiger partial charge in [0, 0.05) is 5.70 Å². The average molecular weight is 451 g/mol. The SMILES string of the molecule is CCOc1cc(C2C=C(c3ccc(F)cc3)Nc3nc4ccccc4n32)ccc1OC(F)F. The molecule has 168 valence electrons. The maximum absolute atomic E-state index is 13.5. The smallest absolute Gasteiger partial charge is 0.387 e. The molecule has 33 heavy (non-hydrogen) atoms. The van der Waals surface area contributed by atoms with Crippen LogP contribution in [0.3, 0.4) is 0 Å². The van der Waals surface area contributed by atoms with Crippen LogP contribution in [0.2, 0.25) is 0 Å². The molecule has 0 amide bonds. The standard InChI is InChI=1S/C25H20F3N3O2/c1-2-32-23-13-16(9-12-22(23)33-24(27)28)21-14-19(15-7-10-17(26)11-8-15)30-25-29-18-5-3-4-6-20(18)31(21)25/h3-14,21,24H,2H2,1H3,(H,29,30). The molecule has 0 aliphatic carbocycles. The van der Waals surface area contributed by atoms with Crippen molar-refractivity contribution in [2.24, 2.45) is 0 Å². The lowest BCUT2D eigenvalue weighted by Gasteiger charge is -2.27. The normalized spacial score (nSPS) is 15.2. The molecule has 1 atom stereocenters. The molecular weight excluding hydrogens is 431 g/mol. The van der Waals surface area contributed by atoms with Gasteiger partial charge in [-0.05, 0) is 72.7 Å². The third kappa shape index (κ3) is 4.00. The maximum atomic E-state index is 13.5. The summed E-state index contributed by atoms with van der Waals surface area (Å²) in [5.41, 5.74) is 4.06. The number of alkyl halides is 2. The molecule has 1 unspecified atom stereocenters. The first-order chi connectivity index (χ1) is 16.0. The lowest BCUT2D eigenvalue weighted by Crippen LogP contribution is -2.19. The van der Waals surface area contributed by atoms with Gasteiger partial charge >= 0.3 is 6.61 Å². The second-order valence-corrected chi connectivity index (χ2v) is 7.47. The van der Waals surface area contributed by atoms with Crippen LogP contribution in [0.25, 0.3) is 16.7 Å². The number of benzene rings is 3. The van der Waals surface area contributed by atoms with Crippen molar-refractivity contribution in [2.75, 3.05) is 11.9 Å². The molecule has 2 heterocycles. The number of para-hydroxylation sites is 2. The Hall–Kier alpha value is -3.94. The van der Waals surface area contributed by atoms with Gasteiger partial charge in [0.15, 0.2) is 11.5 Å². The highest BCUT2D eigenvalue weighted by molar-refractivity contribution is 5.85. The molecule has 0 spiro atoms. The van der Waals surface area contributed by atoms with Gasteiger partial charge in [-0.1, -0.05) is 18.2 Å². The summed E-state index contributed by atoms with van der Waals surface area (Å²) >= 11 is 0. The Morgan fingerprint density at radius 3 is 2.58 bits per heavy atom. The summed E-state index contributed by atoms with van der Waals surface area (Å²) in [4.78, 5) is 4.72. The summed E-state index contributed by atoms with van der Waals surface area (Å²) in [6.45, 7) is -0.883. The Morgan fingerprint density at radius 2 is 1.82 bits per heavy atom. The van der Waals surface area contributed by atoms with E-state index in [1.807, 2.05) is 34.9 Å². The number of hydrogen-bond acceptors (Lipinski definition) is 4. The Labute approximate surface area is 188 Å². The molecule has 1 aromatic heterocycles. The van der Waals surface area contributed by atoms with E-state index in [0.717, 1.165) is 27.9 Å². The highest BCUT2D eigenvalue weighted by Gasteiger charge is 2.26. The van der Waals surface area contributed by atoms with E-state index in [2.05, 4.69) is 10.1 Å². The number of nitrogens with one attached hydrogen (secondary N) is 1. The summed E-state index contributed by atoms with van der Waals surface area (Å²) in [5.74, 6) is 0.503. The minimum atomic E-state index is -2.96. The van der Waals surface area contributed by atoms with Crippen LogP contribution in [0.4, 0.5) is 19.1 Å². The number of ether oxygens (including phenoxy) is 2. The number of aromatic nitrogens is 2. The second-order valence-electron chi connectivity index (χ2n) is 7.47. The molecule has 1 N–H and O–H groups in total. The van der Waals surface area contributed by atoms with Crippen molar-refractivity contribution in [1.82, 2.24) is 9.55 Å². The van der Waals surface area contributed by atoms with Gasteiger partial charge in [0.05, 0.1) is 23.7 Å². The van der Waals surface area contributed by atoms with Gasteiger partial charge in [-0.3, -0.25) is 4.57 Å². The Balaban J connectivity index is 1.66. The highest BCUT2D eigenvalue weighted by atomic mass is 19.3. The molecule has 0 fully saturated rings. The Morgan fingerprint density at radius 1 is 1.03 bits per heavy atom. The predicted octanol–water partition coefficient (Wildman–Crippen LogP) is 6.23. The van der Waals surface area contributed by atoms with Crippen LogP contribution in [0, 0.1) is 5.82 Å². The number of fused-ring (bicyclic) bond motifs is 3. The maximum Gasteiger partial charge on any atom is 0.387 e. The van der Waals surface area contributed by atoms with Gasteiger partial charge in [-0.25, -0.2) is 9.37 Å². The Kier molecular flexibility index (Phi) is 5.42. The monoisotopic (exact) mass is 451 g/mol. The van der Waals surface area contributed by atoms with Gasteiger partial charge in [0.25, 0.3) is 0 Å². The summed E-state index contributed by atoms with van der Waals surface area (Å²) in [6.07, 6.45) is 1.99. The summed E-state index contributed by atoms with van der Waals surface area (Å²) in [5, 5.41) is 3.33. The van der Waals surface area contributed by atoms with Gasteiger partial charge in [0.1, 0.15) is 5.82 Å². The van der Waals surface area contributed by atoms with Crippen LogP contribution < -0.4 is 14.8 Å². The van der Waals surface area contributed by atoms with E-state index >= 15 is 0 Å². The van der Waals surface area contributed by atoms with Gasteiger partial charge in [0.2, 0.25) is 5.95 Å². The zero-order valence-electron chi connectivity index (χ0n) is 17.6.